The van der Waals surface area contributed by atoms with Crippen molar-refractivity contribution in [1.82, 2.24) is 5.32 Å². The topological polar surface area (TPSA) is 54.9 Å². The Morgan fingerprint density at radius 2 is 1.92 bits per heavy atom. The molecule has 0 aliphatic heterocycles. The molecule has 0 amide bonds. The second kappa shape index (κ2) is 11.6. The SMILES string of the molecule is CCNC(=NCc1cccc(F)c1)Nc1ccc(OC)c(OCC)c1.I. The fourth-order valence-electron chi connectivity index (χ4n) is 2.27. The Morgan fingerprint density at radius 3 is 2.58 bits per heavy atom. The highest BCUT2D eigenvalue weighted by Gasteiger charge is 2.07. The molecule has 2 aromatic carbocycles. The summed E-state index contributed by atoms with van der Waals surface area (Å²) >= 11 is 0. The van der Waals surface area contributed by atoms with Gasteiger partial charge in [-0.05, 0) is 43.7 Å². The Labute approximate surface area is 171 Å². The van der Waals surface area contributed by atoms with Crippen molar-refractivity contribution >= 4 is 35.6 Å². The van der Waals surface area contributed by atoms with Gasteiger partial charge in [-0.15, -0.1) is 24.0 Å². The Bertz CT molecular complexity index is 726. The largest absolute Gasteiger partial charge is 0.493 e. The number of nitrogens with one attached hydrogen (secondary N) is 2. The fraction of sp³-hybridized carbons (Fsp3) is 0.316. The van der Waals surface area contributed by atoms with Gasteiger partial charge in [-0.1, -0.05) is 12.1 Å². The molecule has 0 bridgehead atoms. The van der Waals surface area contributed by atoms with E-state index in [1.54, 1.807) is 13.2 Å². The average molecular weight is 473 g/mol. The predicted molar refractivity (Wildman–Crippen MR) is 114 cm³/mol. The molecule has 0 aromatic heterocycles. The number of rotatable bonds is 7. The summed E-state index contributed by atoms with van der Waals surface area (Å²) in [5.74, 6) is 1.69. The molecule has 0 saturated carbocycles. The molecule has 0 atom stereocenters. The molecule has 2 rings (SSSR count). The number of ether oxygens (including phenoxy) is 2. The van der Waals surface area contributed by atoms with Crippen LogP contribution in [0.15, 0.2) is 47.5 Å². The number of hydrogen-bond donors (Lipinski definition) is 2. The van der Waals surface area contributed by atoms with Crippen LogP contribution in [0, 0.1) is 5.82 Å². The van der Waals surface area contributed by atoms with Gasteiger partial charge in [0.1, 0.15) is 5.82 Å². The van der Waals surface area contributed by atoms with Crippen molar-refractivity contribution in [3.8, 4) is 11.5 Å². The van der Waals surface area contributed by atoms with Crippen molar-refractivity contribution < 1.29 is 13.9 Å². The Kier molecular flexibility index (Phi) is 9.79. The van der Waals surface area contributed by atoms with E-state index in [0.717, 1.165) is 11.3 Å². The van der Waals surface area contributed by atoms with E-state index in [1.165, 1.54) is 12.1 Å². The number of guanidine groups is 1. The zero-order valence-corrected chi connectivity index (χ0v) is 17.5. The van der Waals surface area contributed by atoms with Crippen LogP contribution in [-0.4, -0.2) is 26.2 Å². The molecule has 0 saturated heterocycles. The highest BCUT2D eigenvalue weighted by atomic mass is 127. The lowest BCUT2D eigenvalue weighted by atomic mass is 10.2. The maximum Gasteiger partial charge on any atom is 0.196 e. The second-order valence-electron chi connectivity index (χ2n) is 5.25. The summed E-state index contributed by atoms with van der Waals surface area (Å²) in [6, 6.07) is 12.0. The molecule has 7 heteroatoms. The minimum Gasteiger partial charge on any atom is -0.493 e. The van der Waals surface area contributed by atoms with Crippen LogP contribution >= 0.6 is 24.0 Å². The van der Waals surface area contributed by atoms with E-state index in [4.69, 9.17) is 9.47 Å². The summed E-state index contributed by atoms with van der Waals surface area (Å²) in [6.45, 7) is 5.54. The van der Waals surface area contributed by atoms with Crippen molar-refractivity contribution in [3.63, 3.8) is 0 Å². The van der Waals surface area contributed by atoms with Gasteiger partial charge in [-0.2, -0.15) is 0 Å². The summed E-state index contributed by atoms with van der Waals surface area (Å²) in [7, 11) is 1.61. The van der Waals surface area contributed by atoms with Crippen LogP contribution in [0.4, 0.5) is 10.1 Å². The molecule has 5 nitrogen and oxygen atoms in total. The van der Waals surface area contributed by atoms with E-state index in [1.807, 2.05) is 38.1 Å². The van der Waals surface area contributed by atoms with E-state index in [-0.39, 0.29) is 29.8 Å². The van der Waals surface area contributed by atoms with E-state index in [2.05, 4.69) is 15.6 Å². The predicted octanol–water partition coefficient (Wildman–Crippen LogP) is 4.43. The number of hydrogen-bond acceptors (Lipinski definition) is 3. The van der Waals surface area contributed by atoms with Crippen molar-refractivity contribution in [2.75, 3.05) is 25.6 Å². The molecule has 2 N–H and O–H groups in total. The van der Waals surface area contributed by atoms with Gasteiger partial charge >= 0.3 is 0 Å². The zero-order valence-electron chi connectivity index (χ0n) is 15.2. The van der Waals surface area contributed by atoms with Crippen molar-refractivity contribution in [1.29, 1.82) is 0 Å². The number of nitrogens with zero attached hydrogens (tertiary/aromatic N) is 1. The Balaban J connectivity index is 0.00000338. The molecule has 0 fully saturated rings. The molecular formula is C19H25FIN3O2. The standard InChI is InChI=1S/C19H24FN3O2.HI/c1-4-21-19(22-13-14-7-6-8-15(20)11-14)23-16-9-10-17(24-3)18(12-16)25-5-2;/h6-12H,4-5,13H2,1-3H3,(H2,21,22,23);1H. The van der Waals surface area contributed by atoms with Crippen LogP contribution in [0.3, 0.4) is 0 Å². The third kappa shape index (κ3) is 6.70. The molecule has 0 spiro atoms. The second-order valence-corrected chi connectivity index (χ2v) is 5.25. The van der Waals surface area contributed by atoms with Crippen LogP contribution in [0.1, 0.15) is 19.4 Å². The van der Waals surface area contributed by atoms with Crippen LogP contribution in [0.5, 0.6) is 11.5 Å². The van der Waals surface area contributed by atoms with Gasteiger partial charge in [-0.25, -0.2) is 9.38 Å². The molecule has 0 heterocycles. The number of methoxy groups -OCH3 is 1. The quantitative estimate of drug-likeness (QED) is 0.355. The first kappa shape index (κ1) is 22.0. The highest BCUT2D eigenvalue weighted by molar-refractivity contribution is 14.0. The van der Waals surface area contributed by atoms with Gasteiger partial charge in [0.15, 0.2) is 17.5 Å². The maximum absolute atomic E-state index is 13.3. The molecular weight excluding hydrogens is 448 g/mol. The molecule has 142 valence electrons. The average Bonchev–Trinajstić information content (AvgIpc) is 2.60. The molecule has 0 unspecified atom stereocenters. The molecule has 0 radical (unpaired) electrons. The maximum atomic E-state index is 13.3. The Hall–Kier alpha value is -2.03. The number of aliphatic imine (C=N–C) groups is 1. The summed E-state index contributed by atoms with van der Waals surface area (Å²) in [6.07, 6.45) is 0. The number of benzene rings is 2. The summed E-state index contributed by atoms with van der Waals surface area (Å²) in [5, 5.41) is 6.39. The molecule has 0 aliphatic rings. The zero-order chi connectivity index (χ0) is 18.1. The summed E-state index contributed by atoms with van der Waals surface area (Å²) < 4.78 is 24.1. The van der Waals surface area contributed by atoms with Crippen LogP contribution in [0.25, 0.3) is 0 Å². The van der Waals surface area contributed by atoms with Crippen LogP contribution in [0.2, 0.25) is 0 Å². The molecule has 2 aromatic rings. The van der Waals surface area contributed by atoms with Gasteiger partial charge in [-0.3, -0.25) is 0 Å². The molecule has 26 heavy (non-hydrogen) atoms. The smallest absolute Gasteiger partial charge is 0.196 e. The lowest BCUT2D eigenvalue weighted by Crippen LogP contribution is -2.30. The van der Waals surface area contributed by atoms with Gasteiger partial charge in [0.2, 0.25) is 0 Å². The summed E-state index contributed by atoms with van der Waals surface area (Å²) in [4.78, 5) is 4.49. The fourth-order valence-corrected chi connectivity index (χ4v) is 2.27. The first-order chi connectivity index (χ1) is 12.2. The number of halogens is 2. The monoisotopic (exact) mass is 473 g/mol. The number of anilines is 1. The lowest BCUT2D eigenvalue weighted by molar-refractivity contribution is 0.311. The van der Waals surface area contributed by atoms with E-state index >= 15 is 0 Å². The van der Waals surface area contributed by atoms with E-state index in [0.29, 0.717) is 37.2 Å². The van der Waals surface area contributed by atoms with Gasteiger partial charge < -0.3 is 20.1 Å². The Morgan fingerprint density at radius 1 is 1.12 bits per heavy atom. The van der Waals surface area contributed by atoms with Crippen LogP contribution < -0.4 is 20.1 Å². The van der Waals surface area contributed by atoms with Crippen molar-refractivity contribution in [2.24, 2.45) is 4.99 Å². The van der Waals surface area contributed by atoms with Crippen LogP contribution in [-0.2, 0) is 6.54 Å². The minimum absolute atomic E-state index is 0. The van der Waals surface area contributed by atoms with E-state index < -0.39 is 0 Å². The lowest BCUT2D eigenvalue weighted by Gasteiger charge is -2.14. The molecule has 0 aliphatic carbocycles. The van der Waals surface area contributed by atoms with Gasteiger partial charge in [0, 0.05) is 18.3 Å². The third-order valence-electron chi connectivity index (χ3n) is 3.38. The summed E-state index contributed by atoms with van der Waals surface area (Å²) in [5.41, 5.74) is 1.63. The van der Waals surface area contributed by atoms with Crippen molar-refractivity contribution in [2.45, 2.75) is 20.4 Å². The van der Waals surface area contributed by atoms with Gasteiger partial charge in [0.05, 0.1) is 20.3 Å². The first-order valence-corrected chi connectivity index (χ1v) is 8.26. The van der Waals surface area contributed by atoms with Gasteiger partial charge in [0.25, 0.3) is 0 Å². The van der Waals surface area contributed by atoms with Crippen molar-refractivity contribution in [3.05, 3.63) is 53.8 Å². The normalized spacial score (nSPS) is 10.7. The minimum atomic E-state index is -0.262. The third-order valence-corrected chi connectivity index (χ3v) is 3.38. The first-order valence-electron chi connectivity index (χ1n) is 8.26. The van der Waals surface area contributed by atoms with E-state index in [9.17, 15) is 4.39 Å². The highest BCUT2D eigenvalue weighted by Crippen LogP contribution is 2.30.